The van der Waals surface area contributed by atoms with Crippen molar-refractivity contribution in [3.8, 4) is 10.4 Å². The van der Waals surface area contributed by atoms with Crippen LogP contribution in [0.15, 0.2) is 60.0 Å². The van der Waals surface area contributed by atoms with Gasteiger partial charge in [0.1, 0.15) is 6.04 Å². The maximum atomic E-state index is 12.6. The molecule has 3 rings (SSSR count). The van der Waals surface area contributed by atoms with Crippen molar-refractivity contribution in [3.63, 3.8) is 0 Å². The van der Waals surface area contributed by atoms with E-state index in [9.17, 15) is 14.4 Å². The van der Waals surface area contributed by atoms with Gasteiger partial charge in [-0.15, -0.1) is 11.3 Å². The molecular formula is C20H18N4O4S. The zero-order valence-corrected chi connectivity index (χ0v) is 15.9. The predicted molar refractivity (Wildman–Crippen MR) is 112 cm³/mol. The van der Waals surface area contributed by atoms with Crippen LogP contribution in [0.2, 0.25) is 0 Å². The molecule has 2 aromatic carbocycles. The zero-order valence-electron chi connectivity index (χ0n) is 15.1. The van der Waals surface area contributed by atoms with Crippen LogP contribution < -0.4 is 22.1 Å². The number of amides is 3. The number of primary amides is 1. The first-order valence-corrected chi connectivity index (χ1v) is 9.36. The van der Waals surface area contributed by atoms with Crippen molar-refractivity contribution < 1.29 is 19.5 Å². The third-order valence-electron chi connectivity index (χ3n) is 4.17. The zero-order chi connectivity index (χ0) is 21.0. The molecule has 8 nitrogen and oxygen atoms in total. The Balaban J connectivity index is 1.78. The van der Waals surface area contributed by atoms with Gasteiger partial charge in [0, 0.05) is 10.4 Å². The SMILES string of the molecule is NC(=O)C(NC(=O)O)c1ccc(C(=O)Nc2cc(-c3cccs3)ccc2N)cc1. The minimum absolute atomic E-state index is 0.313. The minimum Gasteiger partial charge on any atom is -0.465 e. The van der Waals surface area contributed by atoms with Gasteiger partial charge in [-0.3, -0.25) is 9.59 Å². The quantitative estimate of drug-likeness (QED) is 0.396. The van der Waals surface area contributed by atoms with Crippen molar-refractivity contribution >= 4 is 40.6 Å². The van der Waals surface area contributed by atoms with Crippen LogP contribution in [0.1, 0.15) is 22.0 Å². The van der Waals surface area contributed by atoms with E-state index in [1.165, 1.54) is 24.3 Å². The molecule has 7 N–H and O–H groups in total. The summed E-state index contributed by atoms with van der Waals surface area (Å²) in [7, 11) is 0. The van der Waals surface area contributed by atoms with E-state index in [1.54, 1.807) is 23.5 Å². The molecule has 1 aromatic heterocycles. The fraction of sp³-hybridized carbons (Fsp3) is 0.0500. The number of rotatable bonds is 6. The Morgan fingerprint density at radius 1 is 1.03 bits per heavy atom. The smallest absolute Gasteiger partial charge is 0.405 e. The highest BCUT2D eigenvalue weighted by molar-refractivity contribution is 7.13. The Kier molecular flexibility index (Phi) is 5.79. The standard InChI is InChI=1S/C20H18N4O4S/c21-14-8-7-13(16-2-1-9-29-16)10-15(14)23-19(26)12-5-3-11(4-6-12)17(18(22)25)24-20(27)28/h1-10,17,24H,21H2,(H2,22,25)(H,23,26)(H,27,28). The van der Waals surface area contributed by atoms with E-state index in [-0.39, 0.29) is 0 Å². The van der Waals surface area contributed by atoms with E-state index in [0.29, 0.717) is 22.5 Å². The molecule has 1 heterocycles. The second kappa shape index (κ2) is 8.44. The molecule has 0 saturated heterocycles. The first-order valence-electron chi connectivity index (χ1n) is 8.48. The second-order valence-corrected chi connectivity index (χ2v) is 7.09. The largest absolute Gasteiger partial charge is 0.465 e. The lowest BCUT2D eigenvalue weighted by molar-refractivity contribution is -0.120. The fourth-order valence-corrected chi connectivity index (χ4v) is 3.45. The topological polar surface area (TPSA) is 148 Å². The molecule has 0 radical (unpaired) electrons. The lowest BCUT2D eigenvalue weighted by Gasteiger charge is -2.14. The van der Waals surface area contributed by atoms with Crippen LogP contribution in [0.5, 0.6) is 0 Å². The van der Waals surface area contributed by atoms with Gasteiger partial charge in [-0.2, -0.15) is 0 Å². The fourth-order valence-electron chi connectivity index (χ4n) is 2.72. The molecule has 9 heteroatoms. The average Bonchev–Trinajstić information content (AvgIpc) is 3.22. The van der Waals surface area contributed by atoms with Crippen LogP contribution in [-0.2, 0) is 4.79 Å². The summed E-state index contributed by atoms with van der Waals surface area (Å²) >= 11 is 1.58. The number of nitrogens with two attached hydrogens (primary N) is 2. The third-order valence-corrected chi connectivity index (χ3v) is 5.08. The molecule has 148 valence electrons. The summed E-state index contributed by atoms with van der Waals surface area (Å²) in [5.74, 6) is -1.24. The number of thiophene rings is 1. The van der Waals surface area contributed by atoms with Gasteiger partial charge < -0.3 is 27.2 Å². The van der Waals surface area contributed by atoms with Gasteiger partial charge in [0.15, 0.2) is 0 Å². The number of hydrogen-bond acceptors (Lipinski definition) is 5. The number of nitrogens with one attached hydrogen (secondary N) is 2. The Morgan fingerprint density at radius 3 is 2.34 bits per heavy atom. The Hall–Kier alpha value is -3.85. The first-order chi connectivity index (χ1) is 13.8. The van der Waals surface area contributed by atoms with Crippen molar-refractivity contribution in [1.29, 1.82) is 0 Å². The highest BCUT2D eigenvalue weighted by atomic mass is 32.1. The van der Waals surface area contributed by atoms with E-state index in [4.69, 9.17) is 16.6 Å². The molecule has 3 aromatic rings. The molecule has 0 aliphatic rings. The monoisotopic (exact) mass is 410 g/mol. The average molecular weight is 410 g/mol. The van der Waals surface area contributed by atoms with Crippen LogP contribution >= 0.6 is 11.3 Å². The second-order valence-electron chi connectivity index (χ2n) is 6.14. The lowest BCUT2D eigenvalue weighted by atomic mass is 10.0. The molecule has 1 atom stereocenters. The number of anilines is 2. The van der Waals surface area contributed by atoms with Crippen LogP contribution in [0.4, 0.5) is 16.2 Å². The highest BCUT2D eigenvalue weighted by Gasteiger charge is 2.20. The van der Waals surface area contributed by atoms with Crippen LogP contribution in [0, 0.1) is 0 Å². The van der Waals surface area contributed by atoms with Gasteiger partial charge in [0.25, 0.3) is 5.91 Å². The van der Waals surface area contributed by atoms with E-state index in [2.05, 4.69) is 5.32 Å². The van der Waals surface area contributed by atoms with E-state index in [1.807, 2.05) is 28.9 Å². The van der Waals surface area contributed by atoms with E-state index >= 15 is 0 Å². The van der Waals surface area contributed by atoms with Gasteiger partial charge in [-0.25, -0.2) is 4.79 Å². The Morgan fingerprint density at radius 2 is 1.76 bits per heavy atom. The maximum absolute atomic E-state index is 12.6. The number of carbonyl (C=O) groups is 3. The van der Waals surface area contributed by atoms with E-state index < -0.39 is 23.9 Å². The number of nitrogen functional groups attached to an aromatic ring is 1. The summed E-state index contributed by atoms with van der Waals surface area (Å²) in [4.78, 5) is 35.9. The van der Waals surface area contributed by atoms with Crippen molar-refractivity contribution in [1.82, 2.24) is 5.32 Å². The van der Waals surface area contributed by atoms with Crippen LogP contribution in [0.3, 0.4) is 0 Å². The Labute approximate surface area is 170 Å². The summed E-state index contributed by atoms with van der Waals surface area (Å²) in [5.41, 5.74) is 13.7. The molecule has 29 heavy (non-hydrogen) atoms. The molecule has 3 amide bonds. The summed E-state index contributed by atoms with van der Waals surface area (Å²) in [6, 6.07) is 14.0. The molecule has 0 spiro atoms. The van der Waals surface area contributed by atoms with Crippen LogP contribution in [0.25, 0.3) is 10.4 Å². The summed E-state index contributed by atoms with van der Waals surface area (Å²) in [6.07, 6.45) is -1.38. The Bertz CT molecular complexity index is 1050. The van der Waals surface area contributed by atoms with E-state index in [0.717, 1.165) is 10.4 Å². The van der Waals surface area contributed by atoms with Gasteiger partial charge in [-0.1, -0.05) is 24.3 Å². The maximum Gasteiger partial charge on any atom is 0.405 e. The van der Waals surface area contributed by atoms with Gasteiger partial charge in [-0.05, 0) is 46.8 Å². The highest BCUT2D eigenvalue weighted by Crippen LogP contribution is 2.30. The van der Waals surface area contributed by atoms with Crippen molar-refractivity contribution in [3.05, 3.63) is 71.1 Å². The molecule has 0 fully saturated rings. The minimum atomic E-state index is -1.38. The molecule has 0 saturated carbocycles. The summed E-state index contributed by atoms with van der Waals surface area (Å²) in [5, 5.41) is 15.6. The van der Waals surface area contributed by atoms with Gasteiger partial charge in [0.05, 0.1) is 11.4 Å². The molecular weight excluding hydrogens is 392 g/mol. The summed E-state index contributed by atoms with van der Waals surface area (Å²) in [6.45, 7) is 0. The lowest BCUT2D eigenvalue weighted by Crippen LogP contribution is -2.36. The van der Waals surface area contributed by atoms with Gasteiger partial charge in [0.2, 0.25) is 5.91 Å². The number of carboxylic acid groups (broad SMARTS) is 1. The molecule has 1 unspecified atom stereocenters. The third kappa shape index (κ3) is 4.71. The molecule has 0 bridgehead atoms. The number of benzene rings is 2. The first kappa shape index (κ1) is 19.9. The van der Waals surface area contributed by atoms with Crippen molar-refractivity contribution in [2.75, 3.05) is 11.1 Å². The number of hydrogen-bond donors (Lipinski definition) is 5. The van der Waals surface area contributed by atoms with Crippen LogP contribution in [-0.4, -0.2) is 23.0 Å². The number of carbonyl (C=O) groups excluding carboxylic acids is 2. The summed E-state index contributed by atoms with van der Waals surface area (Å²) < 4.78 is 0. The predicted octanol–water partition coefficient (Wildman–Crippen LogP) is 3.04. The molecule has 0 aliphatic heterocycles. The van der Waals surface area contributed by atoms with Gasteiger partial charge >= 0.3 is 6.09 Å². The van der Waals surface area contributed by atoms with Crippen molar-refractivity contribution in [2.24, 2.45) is 5.73 Å². The van der Waals surface area contributed by atoms with Crippen molar-refractivity contribution in [2.45, 2.75) is 6.04 Å². The molecule has 0 aliphatic carbocycles. The normalized spacial score (nSPS) is 11.4.